The van der Waals surface area contributed by atoms with Gasteiger partial charge in [0, 0.05) is 19.1 Å². The maximum absolute atomic E-state index is 14.1. The number of carbonyl (C=O) groups excluding carboxylic acids is 1. The number of hydrogen-bond donors (Lipinski definition) is 1. The Kier molecular flexibility index (Phi) is 8.19. The van der Waals surface area contributed by atoms with E-state index >= 15 is 0 Å². The molecule has 4 rings (SSSR count). The summed E-state index contributed by atoms with van der Waals surface area (Å²) >= 11 is 1.41. The van der Waals surface area contributed by atoms with Crippen LogP contribution in [0, 0.1) is 23.1 Å². The molecule has 1 amide bonds. The van der Waals surface area contributed by atoms with Gasteiger partial charge in [-0.25, -0.2) is 9.18 Å². The molecule has 1 saturated heterocycles. The molecule has 176 valence electrons. The van der Waals surface area contributed by atoms with Gasteiger partial charge in [0.15, 0.2) is 16.6 Å². The predicted molar refractivity (Wildman–Crippen MR) is 125 cm³/mol. The molecule has 2 aliphatic rings. The van der Waals surface area contributed by atoms with E-state index in [2.05, 4.69) is 10.2 Å². The van der Waals surface area contributed by atoms with Crippen LogP contribution in [0.2, 0.25) is 0 Å². The van der Waals surface area contributed by atoms with E-state index in [1.807, 2.05) is 17.5 Å². The predicted octanol–water partition coefficient (Wildman–Crippen LogP) is 5.34. The summed E-state index contributed by atoms with van der Waals surface area (Å²) in [5.41, 5.74) is 0.304. The average Bonchev–Trinajstić information content (AvgIpc) is 3.33. The summed E-state index contributed by atoms with van der Waals surface area (Å²) < 4.78 is 25.2. The van der Waals surface area contributed by atoms with E-state index < -0.39 is 5.82 Å². The fourth-order valence-electron chi connectivity index (χ4n) is 4.67. The van der Waals surface area contributed by atoms with Gasteiger partial charge in [-0.2, -0.15) is 5.26 Å². The summed E-state index contributed by atoms with van der Waals surface area (Å²) in [4.78, 5) is 14.5. The summed E-state index contributed by atoms with van der Waals surface area (Å²) in [5.74, 6) is 0.455. The van der Waals surface area contributed by atoms with Gasteiger partial charge >= 0.3 is 6.09 Å². The van der Waals surface area contributed by atoms with E-state index in [9.17, 15) is 9.18 Å². The van der Waals surface area contributed by atoms with Crippen molar-refractivity contribution in [3.63, 3.8) is 0 Å². The Morgan fingerprint density at radius 1 is 1.18 bits per heavy atom. The van der Waals surface area contributed by atoms with Crippen LogP contribution >= 0.6 is 11.3 Å². The molecule has 0 atom stereocenters. The molecule has 0 radical (unpaired) electrons. The molecule has 2 fully saturated rings. The van der Waals surface area contributed by atoms with E-state index in [0.717, 1.165) is 58.2 Å². The number of nitrogens with zero attached hydrogens (tertiary/aromatic N) is 2. The van der Waals surface area contributed by atoms with Gasteiger partial charge in [-0.05, 0) is 93.1 Å². The highest BCUT2D eigenvalue weighted by Gasteiger charge is 2.25. The zero-order valence-corrected chi connectivity index (χ0v) is 19.5. The smallest absolute Gasteiger partial charge is 0.413 e. The monoisotopic (exact) mass is 471 g/mol. The van der Waals surface area contributed by atoms with Crippen molar-refractivity contribution in [3.8, 4) is 16.9 Å². The second-order valence-corrected chi connectivity index (χ2v) is 9.80. The van der Waals surface area contributed by atoms with Crippen LogP contribution in [0.25, 0.3) is 0 Å². The van der Waals surface area contributed by atoms with Crippen molar-refractivity contribution in [1.29, 1.82) is 5.26 Å². The van der Waals surface area contributed by atoms with Gasteiger partial charge in [0.25, 0.3) is 0 Å². The molecule has 2 aromatic rings. The van der Waals surface area contributed by atoms with E-state index in [-0.39, 0.29) is 24.0 Å². The Bertz CT molecular complexity index is 946. The Labute approximate surface area is 198 Å². The third-order valence-corrected chi connectivity index (χ3v) is 7.34. The van der Waals surface area contributed by atoms with Crippen molar-refractivity contribution in [1.82, 2.24) is 10.2 Å². The van der Waals surface area contributed by atoms with Crippen molar-refractivity contribution in [2.75, 3.05) is 19.6 Å². The summed E-state index contributed by atoms with van der Waals surface area (Å²) in [6, 6.07) is 10.2. The van der Waals surface area contributed by atoms with Crippen LogP contribution in [0.4, 0.5) is 9.18 Å². The van der Waals surface area contributed by atoms with Crippen LogP contribution in [-0.2, 0) is 0 Å². The molecular formula is C25H30FN3O3S. The summed E-state index contributed by atoms with van der Waals surface area (Å²) in [6.45, 7) is 2.98. The van der Waals surface area contributed by atoms with Crippen LogP contribution in [-0.4, -0.2) is 42.8 Å². The largest absolute Gasteiger partial charge is 0.487 e. The van der Waals surface area contributed by atoms with Crippen molar-refractivity contribution in [2.45, 2.75) is 57.1 Å². The lowest BCUT2D eigenvalue weighted by molar-refractivity contribution is 0.0918. The van der Waals surface area contributed by atoms with Crippen LogP contribution in [0.1, 0.15) is 50.5 Å². The highest BCUT2D eigenvalue weighted by Crippen LogP contribution is 2.28. The van der Waals surface area contributed by atoms with Crippen molar-refractivity contribution >= 4 is 17.4 Å². The number of ether oxygens (including phenoxy) is 2. The topological polar surface area (TPSA) is 74.6 Å². The number of likely N-dealkylation sites (tertiary alicyclic amines) is 1. The minimum atomic E-state index is -0.471. The van der Waals surface area contributed by atoms with Gasteiger partial charge < -0.3 is 19.7 Å². The zero-order valence-electron chi connectivity index (χ0n) is 18.7. The SMILES string of the molecule is N#Cc1ccc(OC2CCN(CC[C@H]3CC[C@H](NC(=O)Oc4cccs4)CC3)CC2)c(F)c1. The molecule has 33 heavy (non-hydrogen) atoms. The molecule has 6 nitrogen and oxygen atoms in total. The first-order valence-corrected chi connectivity index (χ1v) is 12.6. The van der Waals surface area contributed by atoms with Gasteiger partial charge in [0.05, 0.1) is 11.6 Å². The lowest BCUT2D eigenvalue weighted by Crippen LogP contribution is -2.41. The fraction of sp³-hybridized carbons (Fsp3) is 0.520. The summed E-state index contributed by atoms with van der Waals surface area (Å²) in [6.07, 6.45) is 6.83. The summed E-state index contributed by atoms with van der Waals surface area (Å²) in [7, 11) is 0. The van der Waals surface area contributed by atoms with Gasteiger partial charge in [-0.15, -0.1) is 11.3 Å². The molecule has 1 aliphatic heterocycles. The zero-order chi connectivity index (χ0) is 23.0. The molecule has 0 unspecified atom stereocenters. The standard InChI is InChI=1S/C25H30FN3O3S/c26-22-16-19(17-27)5-8-23(22)31-21-10-13-29(14-11-21)12-9-18-3-6-20(7-4-18)28-25(30)32-24-2-1-15-33-24/h1-2,5,8,15-16,18,20-21H,3-4,6-7,9-14H2,(H,28,30)/t18-,20-. The minimum absolute atomic E-state index is 0.0131. The number of halogens is 1. The van der Waals surface area contributed by atoms with Crippen molar-refractivity contribution < 1.29 is 18.7 Å². The lowest BCUT2D eigenvalue weighted by Gasteiger charge is -2.34. The summed E-state index contributed by atoms with van der Waals surface area (Å²) in [5, 5.41) is 14.4. The average molecular weight is 472 g/mol. The minimum Gasteiger partial charge on any atom is -0.487 e. The normalized spacial score (nSPS) is 21.8. The molecule has 1 aliphatic carbocycles. The Hall–Kier alpha value is -2.63. The quantitative estimate of drug-likeness (QED) is 0.590. The van der Waals surface area contributed by atoms with Crippen LogP contribution in [0.3, 0.4) is 0 Å². The molecular weight excluding hydrogens is 441 g/mol. The highest BCUT2D eigenvalue weighted by molar-refractivity contribution is 7.11. The maximum atomic E-state index is 14.1. The Balaban J connectivity index is 1.10. The number of piperidine rings is 1. The van der Waals surface area contributed by atoms with Gasteiger partial charge in [0.1, 0.15) is 6.10 Å². The number of rotatable bonds is 7. The second-order valence-electron chi connectivity index (χ2n) is 8.89. The third kappa shape index (κ3) is 6.92. The van der Waals surface area contributed by atoms with E-state index in [0.29, 0.717) is 16.5 Å². The molecule has 8 heteroatoms. The molecule has 0 bridgehead atoms. The molecule has 1 N–H and O–H groups in total. The van der Waals surface area contributed by atoms with Gasteiger partial charge in [-0.3, -0.25) is 0 Å². The number of benzene rings is 1. The van der Waals surface area contributed by atoms with Crippen molar-refractivity contribution in [2.24, 2.45) is 5.92 Å². The fourth-order valence-corrected chi connectivity index (χ4v) is 5.24. The molecule has 2 heterocycles. The number of hydrogen-bond acceptors (Lipinski definition) is 6. The molecule has 1 aromatic heterocycles. The number of thiophene rings is 1. The number of amides is 1. The van der Waals surface area contributed by atoms with Gasteiger partial charge in [-0.1, -0.05) is 0 Å². The number of nitrogens with one attached hydrogen (secondary N) is 1. The second kappa shape index (κ2) is 11.5. The first-order chi connectivity index (χ1) is 16.1. The maximum Gasteiger partial charge on any atom is 0.413 e. The highest BCUT2D eigenvalue weighted by atomic mass is 32.1. The van der Waals surface area contributed by atoms with Crippen LogP contribution in [0.5, 0.6) is 10.8 Å². The van der Waals surface area contributed by atoms with Crippen molar-refractivity contribution in [3.05, 3.63) is 47.1 Å². The molecule has 0 spiro atoms. The van der Waals surface area contributed by atoms with Crippen LogP contribution < -0.4 is 14.8 Å². The lowest BCUT2D eigenvalue weighted by atomic mass is 9.84. The molecule has 1 aromatic carbocycles. The Morgan fingerprint density at radius 3 is 2.64 bits per heavy atom. The number of carbonyl (C=O) groups is 1. The first-order valence-electron chi connectivity index (χ1n) is 11.7. The Morgan fingerprint density at radius 2 is 1.97 bits per heavy atom. The first kappa shape index (κ1) is 23.5. The van der Waals surface area contributed by atoms with E-state index in [4.69, 9.17) is 14.7 Å². The van der Waals surface area contributed by atoms with E-state index in [1.54, 1.807) is 18.2 Å². The number of nitriles is 1. The van der Waals surface area contributed by atoms with Gasteiger partial charge in [0.2, 0.25) is 0 Å². The molecule has 1 saturated carbocycles. The third-order valence-electron chi connectivity index (χ3n) is 6.60. The van der Waals surface area contributed by atoms with E-state index in [1.165, 1.54) is 23.8 Å². The van der Waals surface area contributed by atoms with Crippen LogP contribution in [0.15, 0.2) is 35.7 Å².